The number of benzene rings is 3. The summed E-state index contributed by atoms with van der Waals surface area (Å²) in [5.74, 6) is -0.338. The van der Waals surface area contributed by atoms with Crippen LogP contribution in [-0.4, -0.2) is 18.4 Å². The van der Waals surface area contributed by atoms with Crippen LogP contribution in [0.4, 0.5) is 0 Å². The second-order valence-corrected chi connectivity index (χ2v) is 5.88. The fourth-order valence-electron chi connectivity index (χ4n) is 2.53. The number of rotatable bonds is 5. The number of carbonyl (C=O) groups is 2. The van der Waals surface area contributed by atoms with Crippen molar-refractivity contribution in [3.8, 4) is 11.8 Å². The monoisotopic (exact) mass is 359 g/mol. The van der Waals surface area contributed by atoms with Gasteiger partial charge in [0.25, 0.3) is 5.91 Å². The van der Waals surface area contributed by atoms with E-state index in [1.807, 2.05) is 48.5 Å². The van der Waals surface area contributed by atoms with E-state index in [1.165, 1.54) is 0 Å². The Hall–Kier alpha value is -3.85. The number of hydrazine groups is 1. The first-order valence-corrected chi connectivity index (χ1v) is 8.32. The number of hydrogen-bond donors (Lipinski definition) is 2. The van der Waals surface area contributed by atoms with Crippen LogP contribution in [0.3, 0.4) is 0 Å². The average molecular weight is 359 g/mol. The summed E-state index contributed by atoms with van der Waals surface area (Å²) in [6, 6.07) is 22.1. The smallest absolute Gasteiger partial charge is 0.276 e. The van der Waals surface area contributed by atoms with E-state index in [-0.39, 0.29) is 18.9 Å². The molecule has 0 aliphatic rings. The fourth-order valence-corrected chi connectivity index (χ4v) is 2.53. The maximum absolute atomic E-state index is 12.0. The van der Waals surface area contributed by atoms with Gasteiger partial charge in [0.15, 0.2) is 6.61 Å². The van der Waals surface area contributed by atoms with Gasteiger partial charge in [-0.1, -0.05) is 42.5 Å². The summed E-state index contributed by atoms with van der Waals surface area (Å²) in [6.07, 6.45) is 0.154. The Bertz CT molecular complexity index is 1010. The number of fused-ring (bicyclic) bond motifs is 1. The Morgan fingerprint density at radius 1 is 0.889 bits per heavy atom. The van der Waals surface area contributed by atoms with E-state index in [1.54, 1.807) is 24.3 Å². The van der Waals surface area contributed by atoms with Crippen LogP contribution in [0.25, 0.3) is 10.8 Å². The molecule has 0 unspecified atom stereocenters. The molecule has 0 bridgehead atoms. The summed E-state index contributed by atoms with van der Waals surface area (Å²) in [6.45, 7) is -0.248. The van der Waals surface area contributed by atoms with Crippen molar-refractivity contribution in [3.05, 3.63) is 77.9 Å². The van der Waals surface area contributed by atoms with Gasteiger partial charge in [-0.2, -0.15) is 5.26 Å². The minimum absolute atomic E-state index is 0.154. The quantitative estimate of drug-likeness (QED) is 0.685. The molecule has 6 nitrogen and oxygen atoms in total. The van der Waals surface area contributed by atoms with Gasteiger partial charge in [-0.3, -0.25) is 20.4 Å². The predicted molar refractivity (Wildman–Crippen MR) is 101 cm³/mol. The van der Waals surface area contributed by atoms with Crippen molar-refractivity contribution in [1.29, 1.82) is 5.26 Å². The van der Waals surface area contributed by atoms with E-state index in [0.29, 0.717) is 11.3 Å². The van der Waals surface area contributed by atoms with Crippen molar-refractivity contribution >= 4 is 22.6 Å². The van der Waals surface area contributed by atoms with E-state index in [0.717, 1.165) is 16.3 Å². The van der Waals surface area contributed by atoms with Gasteiger partial charge in [0.2, 0.25) is 5.91 Å². The highest BCUT2D eigenvalue weighted by Crippen LogP contribution is 2.16. The maximum atomic E-state index is 12.0. The van der Waals surface area contributed by atoms with Crippen LogP contribution in [0.5, 0.6) is 5.75 Å². The standard InChI is InChI=1S/C21H17N3O3/c22-13-15-6-9-19(10-7-15)27-14-21(26)24-23-20(25)12-16-5-8-17-3-1-2-4-18(17)11-16/h1-11H,12,14H2,(H,23,25)(H,24,26). The van der Waals surface area contributed by atoms with Gasteiger partial charge in [0.1, 0.15) is 5.75 Å². The number of carbonyl (C=O) groups excluding carboxylic acids is 2. The lowest BCUT2D eigenvalue weighted by Crippen LogP contribution is -2.44. The Balaban J connectivity index is 1.44. The van der Waals surface area contributed by atoms with Gasteiger partial charge in [-0.25, -0.2) is 0 Å². The summed E-state index contributed by atoms with van der Waals surface area (Å²) >= 11 is 0. The molecule has 0 fully saturated rings. The van der Waals surface area contributed by atoms with Crippen LogP contribution in [-0.2, 0) is 16.0 Å². The molecular weight excluding hydrogens is 342 g/mol. The van der Waals surface area contributed by atoms with Crippen LogP contribution in [0.15, 0.2) is 66.7 Å². The van der Waals surface area contributed by atoms with E-state index in [9.17, 15) is 9.59 Å². The zero-order chi connectivity index (χ0) is 19.1. The molecule has 3 aromatic carbocycles. The molecule has 3 aromatic rings. The second kappa shape index (κ2) is 8.50. The molecule has 0 aliphatic carbocycles. The molecule has 0 aromatic heterocycles. The summed E-state index contributed by atoms with van der Waals surface area (Å²) in [4.78, 5) is 23.8. The maximum Gasteiger partial charge on any atom is 0.276 e. The zero-order valence-corrected chi connectivity index (χ0v) is 14.4. The lowest BCUT2D eigenvalue weighted by Gasteiger charge is -2.09. The minimum atomic E-state index is -0.480. The van der Waals surface area contributed by atoms with E-state index in [4.69, 9.17) is 10.00 Å². The topological polar surface area (TPSA) is 91.2 Å². The molecule has 2 amide bonds. The molecule has 134 valence electrons. The molecule has 0 saturated carbocycles. The highest BCUT2D eigenvalue weighted by Gasteiger charge is 2.07. The summed E-state index contributed by atoms with van der Waals surface area (Å²) in [5, 5.41) is 10.9. The largest absolute Gasteiger partial charge is 0.484 e. The normalized spacial score (nSPS) is 10.0. The third-order valence-electron chi connectivity index (χ3n) is 3.87. The minimum Gasteiger partial charge on any atom is -0.484 e. The average Bonchev–Trinajstić information content (AvgIpc) is 2.71. The number of nitrogens with one attached hydrogen (secondary N) is 2. The van der Waals surface area contributed by atoms with Crippen molar-refractivity contribution in [2.45, 2.75) is 6.42 Å². The number of ether oxygens (including phenoxy) is 1. The van der Waals surface area contributed by atoms with Gasteiger partial charge in [-0.05, 0) is 40.6 Å². The van der Waals surface area contributed by atoms with Crippen LogP contribution in [0, 0.1) is 11.3 Å². The summed E-state index contributed by atoms with van der Waals surface area (Å²) in [5.41, 5.74) is 6.05. The van der Waals surface area contributed by atoms with Gasteiger partial charge in [-0.15, -0.1) is 0 Å². The highest BCUT2D eigenvalue weighted by atomic mass is 16.5. The molecular formula is C21H17N3O3. The lowest BCUT2D eigenvalue weighted by molar-refractivity contribution is -0.129. The van der Waals surface area contributed by atoms with Gasteiger partial charge in [0, 0.05) is 0 Å². The van der Waals surface area contributed by atoms with Gasteiger partial charge < -0.3 is 4.74 Å². The van der Waals surface area contributed by atoms with E-state index < -0.39 is 5.91 Å². The van der Waals surface area contributed by atoms with Crippen molar-refractivity contribution in [1.82, 2.24) is 10.9 Å². The molecule has 6 heteroatoms. The van der Waals surface area contributed by atoms with Gasteiger partial charge >= 0.3 is 0 Å². The molecule has 3 rings (SSSR count). The first-order chi connectivity index (χ1) is 13.1. The third kappa shape index (κ3) is 5.06. The van der Waals surface area contributed by atoms with Crippen molar-refractivity contribution < 1.29 is 14.3 Å². The summed E-state index contributed by atoms with van der Waals surface area (Å²) < 4.78 is 5.29. The number of nitriles is 1. The molecule has 27 heavy (non-hydrogen) atoms. The zero-order valence-electron chi connectivity index (χ0n) is 14.4. The Labute approximate surface area is 156 Å². The van der Waals surface area contributed by atoms with Crippen molar-refractivity contribution in [2.75, 3.05) is 6.61 Å². The highest BCUT2D eigenvalue weighted by molar-refractivity contribution is 5.86. The third-order valence-corrected chi connectivity index (χ3v) is 3.87. The van der Waals surface area contributed by atoms with Crippen molar-refractivity contribution in [3.63, 3.8) is 0 Å². The molecule has 0 heterocycles. The molecule has 0 atom stereocenters. The summed E-state index contributed by atoms with van der Waals surface area (Å²) in [7, 11) is 0. The van der Waals surface area contributed by atoms with Crippen LogP contribution < -0.4 is 15.6 Å². The lowest BCUT2D eigenvalue weighted by atomic mass is 10.1. The van der Waals surface area contributed by atoms with Gasteiger partial charge in [0.05, 0.1) is 18.1 Å². The Morgan fingerprint density at radius 2 is 1.59 bits per heavy atom. The number of nitrogens with zero attached hydrogens (tertiary/aromatic N) is 1. The first kappa shape index (κ1) is 18.0. The number of amides is 2. The Morgan fingerprint density at radius 3 is 2.33 bits per heavy atom. The van der Waals surface area contributed by atoms with E-state index >= 15 is 0 Å². The molecule has 0 saturated heterocycles. The molecule has 0 spiro atoms. The molecule has 0 radical (unpaired) electrons. The SMILES string of the molecule is N#Cc1ccc(OCC(=O)NNC(=O)Cc2ccc3ccccc3c2)cc1. The van der Waals surface area contributed by atoms with E-state index in [2.05, 4.69) is 10.9 Å². The van der Waals surface area contributed by atoms with Crippen LogP contribution in [0.2, 0.25) is 0 Å². The Kier molecular flexibility index (Phi) is 5.65. The fraction of sp³-hybridized carbons (Fsp3) is 0.0952. The first-order valence-electron chi connectivity index (χ1n) is 8.32. The molecule has 2 N–H and O–H groups in total. The number of hydrogen-bond acceptors (Lipinski definition) is 4. The van der Waals surface area contributed by atoms with Crippen molar-refractivity contribution in [2.24, 2.45) is 0 Å². The predicted octanol–water partition coefficient (Wildman–Crippen LogP) is 2.48. The molecule has 0 aliphatic heterocycles. The van der Waals surface area contributed by atoms with Crippen LogP contribution in [0.1, 0.15) is 11.1 Å². The van der Waals surface area contributed by atoms with Crippen LogP contribution >= 0.6 is 0 Å². The second-order valence-electron chi connectivity index (χ2n) is 5.88.